The fourth-order valence-corrected chi connectivity index (χ4v) is 6.27. The first-order valence-corrected chi connectivity index (χ1v) is 14.0. The third-order valence-corrected chi connectivity index (χ3v) is 8.33. The summed E-state index contributed by atoms with van der Waals surface area (Å²) >= 11 is 0. The molecule has 0 bridgehead atoms. The molecule has 1 heterocycles. The molecule has 3 N–H and O–H groups in total. The maximum absolute atomic E-state index is 13.4. The number of carbonyl (C=O) groups is 1. The number of carbonyl (C=O) groups excluding carboxylic acids is 1. The van der Waals surface area contributed by atoms with Crippen LogP contribution in [0.1, 0.15) is 58.4 Å². The van der Waals surface area contributed by atoms with E-state index in [-0.39, 0.29) is 34.7 Å². The van der Waals surface area contributed by atoms with Gasteiger partial charge in [-0.1, -0.05) is 12.1 Å². The van der Waals surface area contributed by atoms with Crippen molar-refractivity contribution in [1.29, 1.82) is 5.41 Å². The number of hydrogen-bond donors (Lipinski definition) is 3. The quantitative estimate of drug-likeness (QED) is 0.313. The van der Waals surface area contributed by atoms with Gasteiger partial charge in [0.2, 0.25) is 5.91 Å². The van der Waals surface area contributed by atoms with Gasteiger partial charge in [-0.2, -0.15) is 17.6 Å². The lowest BCUT2D eigenvalue weighted by atomic mass is 9.82. The Kier molecular flexibility index (Phi) is 8.60. The Morgan fingerprint density at radius 2 is 1.86 bits per heavy atom. The molecule has 206 valence electrons. The molecule has 3 rings (SSSR count). The molecule has 1 amide bonds. The van der Waals surface area contributed by atoms with E-state index in [9.17, 15) is 30.8 Å². The van der Waals surface area contributed by atoms with Crippen LogP contribution in [0.15, 0.2) is 35.5 Å². The predicted molar refractivity (Wildman–Crippen MR) is 132 cm³/mol. The van der Waals surface area contributed by atoms with Gasteiger partial charge in [-0.3, -0.25) is 10.2 Å². The summed E-state index contributed by atoms with van der Waals surface area (Å²) in [6, 6.07) is 5.08. The molecule has 12 heteroatoms. The first-order valence-electron chi connectivity index (χ1n) is 12.2. The highest BCUT2D eigenvalue weighted by Gasteiger charge is 2.44. The summed E-state index contributed by atoms with van der Waals surface area (Å²) in [5, 5.41) is 15.0. The second-order valence-corrected chi connectivity index (χ2v) is 12.6. The SMILES string of the molecule is CC(C)NC1=C(C(=N)c2cccc(OC(F)(F)C(F)F)c2)CC[C@@H](C(=O)NC2(C)CCS(=O)(=O)CC2)C1. The Hall–Kier alpha value is -2.63. The first kappa shape index (κ1) is 28.9. The average molecular weight is 548 g/mol. The molecule has 0 unspecified atom stereocenters. The van der Waals surface area contributed by atoms with Gasteiger partial charge in [-0.15, -0.1) is 0 Å². The zero-order valence-electron chi connectivity index (χ0n) is 21.0. The maximum Gasteiger partial charge on any atom is 0.461 e. The van der Waals surface area contributed by atoms with Crippen molar-refractivity contribution in [2.45, 2.75) is 77.0 Å². The molecule has 1 aliphatic heterocycles. The standard InChI is InChI=1S/C25H33F4N3O4S/c1-15(2)31-20-14-17(22(33)32-24(3)9-11-37(34,35)12-10-24)7-8-19(20)21(30)16-5-4-6-18(13-16)36-25(28,29)23(26)27/h4-6,13,15,17,23,30-31H,7-12,14H2,1-3H3,(H,32,33)/t17-/m1/s1. The van der Waals surface area contributed by atoms with Crippen molar-refractivity contribution in [3.8, 4) is 5.75 Å². The zero-order chi connectivity index (χ0) is 27.6. The van der Waals surface area contributed by atoms with Gasteiger partial charge in [-0.05, 0) is 70.6 Å². The van der Waals surface area contributed by atoms with E-state index >= 15 is 0 Å². The number of amides is 1. The number of hydrogen-bond acceptors (Lipinski definition) is 6. The Bertz CT molecular complexity index is 1150. The van der Waals surface area contributed by atoms with E-state index in [0.29, 0.717) is 43.4 Å². The van der Waals surface area contributed by atoms with Gasteiger partial charge in [0.15, 0.2) is 0 Å². The minimum atomic E-state index is -4.66. The summed E-state index contributed by atoms with van der Waals surface area (Å²) < 4.78 is 79.5. The fourth-order valence-electron chi connectivity index (χ4n) is 4.54. The number of allylic oxidation sites excluding steroid dienone is 2. The Labute approximate surface area is 214 Å². The number of ether oxygens (including phenoxy) is 1. The smallest absolute Gasteiger partial charge is 0.428 e. The summed E-state index contributed by atoms with van der Waals surface area (Å²) in [5.41, 5.74) is 0.917. The third kappa shape index (κ3) is 7.45. The van der Waals surface area contributed by atoms with Gasteiger partial charge in [0.25, 0.3) is 0 Å². The van der Waals surface area contributed by atoms with Gasteiger partial charge < -0.3 is 15.4 Å². The van der Waals surface area contributed by atoms with E-state index in [1.54, 1.807) is 0 Å². The summed E-state index contributed by atoms with van der Waals surface area (Å²) in [4.78, 5) is 13.1. The molecule has 2 aliphatic rings. The van der Waals surface area contributed by atoms with Crippen LogP contribution in [0.5, 0.6) is 5.75 Å². The molecular formula is C25H33F4N3O4S. The van der Waals surface area contributed by atoms with E-state index in [2.05, 4.69) is 15.4 Å². The highest BCUT2D eigenvalue weighted by Crippen LogP contribution is 2.34. The van der Waals surface area contributed by atoms with Crippen molar-refractivity contribution in [2.24, 2.45) is 5.92 Å². The summed E-state index contributed by atoms with van der Waals surface area (Å²) in [7, 11) is -3.08. The first-order chi connectivity index (χ1) is 17.1. The number of sulfone groups is 1. The molecule has 1 aromatic rings. The van der Waals surface area contributed by atoms with E-state index in [1.807, 2.05) is 20.8 Å². The normalized spacial score (nSPS) is 21.6. The number of rotatable bonds is 9. The zero-order valence-corrected chi connectivity index (χ0v) is 21.9. The van der Waals surface area contributed by atoms with Crippen LogP contribution in [0, 0.1) is 11.3 Å². The monoisotopic (exact) mass is 547 g/mol. The van der Waals surface area contributed by atoms with Crippen molar-refractivity contribution in [1.82, 2.24) is 10.6 Å². The van der Waals surface area contributed by atoms with Gasteiger partial charge in [0.1, 0.15) is 15.6 Å². The van der Waals surface area contributed by atoms with Crippen molar-refractivity contribution in [3.63, 3.8) is 0 Å². The second kappa shape index (κ2) is 11.0. The van der Waals surface area contributed by atoms with E-state index in [4.69, 9.17) is 5.41 Å². The maximum atomic E-state index is 13.4. The van der Waals surface area contributed by atoms with E-state index in [1.165, 1.54) is 12.1 Å². The molecule has 0 saturated carbocycles. The summed E-state index contributed by atoms with van der Waals surface area (Å²) in [5.74, 6) is -1.00. The topological polar surface area (TPSA) is 108 Å². The number of alkyl halides is 4. The van der Waals surface area contributed by atoms with Crippen LogP contribution in [0.25, 0.3) is 0 Å². The van der Waals surface area contributed by atoms with Crippen LogP contribution in [0.4, 0.5) is 17.6 Å². The number of nitrogens with one attached hydrogen (secondary N) is 3. The van der Waals surface area contributed by atoms with Crippen LogP contribution in [-0.4, -0.2) is 55.7 Å². The fraction of sp³-hybridized carbons (Fsp3) is 0.600. The molecular weight excluding hydrogens is 514 g/mol. The van der Waals surface area contributed by atoms with Gasteiger partial charge >= 0.3 is 12.5 Å². The van der Waals surface area contributed by atoms with Crippen molar-refractivity contribution in [3.05, 3.63) is 41.1 Å². The molecule has 37 heavy (non-hydrogen) atoms. The van der Waals surface area contributed by atoms with E-state index in [0.717, 1.165) is 12.1 Å². The number of benzene rings is 1. The minimum Gasteiger partial charge on any atom is -0.428 e. The van der Waals surface area contributed by atoms with Crippen LogP contribution in [-0.2, 0) is 14.6 Å². The lowest BCUT2D eigenvalue weighted by Crippen LogP contribution is -2.53. The van der Waals surface area contributed by atoms with Crippen LogP contribution >= 0.6 is 0 Å². The molecule has 1 fully saturated rings. The largest absolute Gasteiger partial charge is 0.461 e. The Morgan fingerprint density at radius 1 is 1.22 bits per heavy atom. The highest BCUT2D eigenvalue weighted by molar-refractivity contribution is 7.91. The summed E-state index contributed by atoms with van der Waals surface area (Å²) in [6.07, 6.45) is -6.86. The molecule has 1 saturated heterocycles. The minimum absolute atomic E-state index is 0.0138. The molecule has 7 nitrogen and oxygen atoms in total. The highest BCUT2D eigenvalue weighted by atomic mass is 32.2. The lowest BCUT2D eigenvalue weighted by Gasteiger charge is -2.37. The molecule has 1 atom stereocenters. The van der Waals surface area contributed by atoms with Crippen molar-refractivity contribution >= 4 is 21.5 Å². The Morgan fingerprint density at radius 3 is 2.46 bits per heavy atom. The molecule has 1 aliphatic carbocycles. The second-order valence-electron chi connectivity index (χ2n) is 10.3. The summed E-state index contributed by atoms with van der Waals surface area (Å²) in [6.45, 7) is 5.66. The molecule has 0 spiro atoms. The van der Waals surface area contributed by atoms with Gasteiger partial charge in [0, 0.05) is 28.8 Å². The van der Waals surface area contributed by atoms with E-state index < -0.39 is 39.6 Å². The molecule has 0 radical (unpaired) electrons. The van der Waals surface area contributed by atoms with Gasteiger partial charge in [-0.25, -0.2) is 8.42 Å². The average Bonchev–Trinajstić information content (AvgIpc) is 2.80. The lowest BCUT2D eigenvalue weighted by molar-refractivity contribution is -0.253. The Balaban J connectivity index is 1.78. The van der Waals surface area contributed by atoms with Crippen LogP contribution in [0.2, 0.25) is 0 Å². The third-order valence-electron chi connectivity index (χ3n) is 6.68. The van der Waals surface area contributed by atoms with Crippen molar-refractivity contribution < 1.29 is 35.5 Å². The van der Waals surface area contributed by atoms with Crippen LogP contribution < -0.4 is 15.4 Å². The van der Waals surface area contributed by atoms with Crippen molar-refractivity contribution in [2.75, 3.05) is 11.5 Å². The van der Waals surface area contributed by atoms with Gasteiger partial charge in [0.05, 0.1) is 17.2 Å². The number of halogens is 4. The molecule has 0 aromatic heterocycles. The predicted octanol–water partition coefficient (Wildman–Crippen LogP) is 4.43. The molecule has 1 aromatic carbocycles. The van der Waals surface area contributed by atoms with Crippen LogP contribution in [0.3, 0.4) is 0 Å².